The molecule has 10 nitrogen and oxygen atoms in total. The van der Waals surface area contributed by atoms with Crippen LogP contribution in [-0.4, -0.2) is 54.0 Å². The predicted octanol–water partition coefficient (Wildman–Crippen LogP) is 5.53. The highest BCUT2D eigenvalue weighted by atomic mass is 16.8. The minimum Gasteiger partial charge on any atom is -0.488 e. The third-order valence-electron chi connectivity index (χ3n) is 7.07. The summed E-state index contributed by atoms with van der Waals surface area (Å²) in [5.41, 5.74) is 4.89. The molecule has 3 aromatic carbocycles. The molecule has 1 aliphatic heterocycles. The number of nitrogens with zero attached hydrogens (tertiary/aromatic N) is 1. The van der Waals surface area contributed by atoms with Gasteiger partial charge < -0.3 is 19.5 Å². The SMILES string of the molecule is CC(C)(C)Oc1ccc(C[C@@H](COC(=O)ON2C(=O)CCC2=O)NC(=O)OCC2c3ccccc3-c3ccccc32)cc1. The first-order valence-electron chi connectivity index (χ1n) is 14.2. The minimum absolute atomic E-state index is 0.0347. The second-order valence-electron chi connectivity index (χ2n) is 11.5. The number of amides is 3. The molecule has 1 saturated heterocycles. The first-order valence-corrected chi connectivity index (χ1v) is 14.2. The van der Waals surface area contributed by atoms with E-state index >= 15 is 0 Å². The van der Waals surface area contributed by atoms with E-state index in [9.17, 15) is 19.2 Å². The highest BCUT2D eigenvalue weighted by Crippen LogP contribution is 2.44. The van der Waals surface area contributed by atoms with Gasteiger partial charge in [0.05, 0.1) is 6.04 Å². The zero-order valence-corrected chi connectivity index (χ0v) is 24.3. The zero-order chi connectivity index (χ0) is 30.6. The molecule has 0 unspecified atom stereocenters. The number of alkyl carbamates (subject to hydrolysis) is 1. The van der Waals surface area contributed by atoms with Crippen LogP contribution in [0, 0.1) is 0 Å². The number of hydrogen-bond donors (Lipinski definition) is 1. The number of benzene rings is 3. The molecule has 1 heterocycles. The lowest BCUT2D eigenvalue weighted by Gasteiger charge is -2.22. The van der Waals surface area contributed by atoms with Gasteiger partial charge in [0.1, 0.15) is 24.6 Å². The highest BCUT2D eigenvalue weighted by molar-refractivity contribution is 6.01. The molecule has 1 fully saturated rings. The summed E-state index contributed by atoms with van der Waals surface area (Å²) >= 11 is 0. The number of carbonyl (C=O) groups excluding carboxylic acids is 4. The number of carbonyl (C=O) groups is 4. The molecule has 0 radical (unpaired) electrons. The Balaban J connectivity index is 1.24. The van der Waals surface area contributed by atoms with Crippen LogP contribution in [0.2, 0.25) is 0 Å². The lowest BCUT2D eigenvalue weighted by Crippen LogP contribution is -2.41. The van der Waals surface area contributed by atoms with Crippen molar-refractivity contribution in [3.05, 3.63) is 89.5 Å². The first kappa shape index (κ1) is 29.6. The standard InChI is InChI=1S/C33H34N2O8/c1-33(2,3)42-23-14-12-21(13-15-23)18-22(19-41-32(39)43-35-29(36)16-17-30(35)37)34-31(38)40-20-28-26-10-6-4-8-24(26)25-9-5-7-11-27(25)28/h4-15,22,28H,16-20H2,1-3H3,(H,34,38)/t22-/m0/s1. The van der Waals surface area contributed by atoms with E-state index < -0.39 is 30.1 Å². The van der Waals surface area contributed by atoms with Gasteiger partial charge in [-0.2, -0.15) is 0 Å². The summed E-state index contributed by atoms with van der Waals surface area (Å²) in [6.45, 7) is 5.69. The summed E-state index contributed by atoms with van der Waals surface area (Å²) in [7, 11) is 0. The van der Waals surface area contributed by atoms with Gasteiger partial charge in [0.2, 0.25) is 0 Å². The van der Waals surface area contributed by atoms with Gasteiger partial charge in [-0.05, 0) is 67.1 Å². The van der Waals surface area contributed by atoms with Crippen LogP contribution >= 0.6 is 0 Å². The van der Waals surface area contributed by atoms with Gasteiger partial charge in [-0.15, -0.1) is 0 Å². The summed E-state index contributed by atoms with van der Waals surface area (Å²) in [6, 6.07) is 22.7. The molecule has 0 spiro atoms. The van der Waals surface area contributed by atoms with Crippen molar-refractivity contribution >= 4 is 24.1 Å². The number of hydrogen-bond acceptors (Lipinski definition) is 8. The van der Waals surface area contributed by atoms with Crippen molar-refractivity contribution in [1.29, 1.82) is 0 Å². The molecule has 0 bridgehead atoms. The third kappa shape index (κ3) is 7.32. The van der Waals surface area contributed by atoms with Gasteiger partial charge in [-0.3, -0.25) is 14.4 Å². The Bertz CT molecular complexity index is 1450. The molecular weight excluding hydrogens is 552 g/mol. The molecule has 0 aromatic heterocycles. The van der Waals surface area contributed by atoms with Crippen LogP contribution in [0.15, 0.2) is 72.8 Å². The number of fused-ring (bicyclic) bond motifs is 3. The Morgan fingerprint density at radius 1 is 0.860 bits per heavy atom. The summed E-state index contributed by atoms with van der Waals surface area (Å²) in [6.07, 6.45) is -1.69. The molecule has 1 atom stereocenters. The van der Waals surface area contributed by atoms with Gasteiger partial charge in [0.25, 0.3) is 11.8 Å². The van der Waals surface area contributed by atoms with Gasteiger partial charge >= 0.3 is 12.2 Å². The molecule has 3 amide bonds. The van der Waals surface area contributed by atoms with Crippen molar-refractivity contribution in [2.24, 2.45) is 0 Å². The smallest absolute Gasteiger partial charge is 0.488 e. The average Bonchev–Trinajstić information content (AvgIpc) is 3.46. The largest absolute Gasteiger partial charge is 0.534 e. The average molecular weight is 587 g/mol. The molecule has 5 rings (SSSR count). The summed E-state index contributed by atoms with van der Waals surface area (Å²) < 4.78 is 16.8. The summed E-state index contributed by atoms with van der Waals surface area (Å²) in [5.74, 6) is -0.661. The van der Waals surface area contributed by atoms with Crippen molar-refractivity contribution < 1.29 is 38.2 Å². The molecule has 3 aromatic rings. The Hall–Kier alpha value is -4.86. The van der Waals surface area contributed by atoms with E-state index in [1.807, 2.05) is 81.4 Å². The Labute approximate surface area is 249 Å². The van der Waals surface area contributed by atoms with Crippen LogP contribution in [0.3, 0.4) is 0 Å². The summed E-state index contributed by atoms with van der Waals surface area (Å²) in [5, 5.41) is 3.19. The first-order chi connectivity index (χ1) is 20.6. The fourth-order valence-corrected chi connectivity index (χ4v) is 5.22. The van der Waals surface area contributed by atoms with Crippen molar-refractivity contribution in [3.63, 3.8) is 0 Å². The van der Waals surface area contributed by atoms with Crippen LogP contribution in [-0.2, 0) is 30.3 Å². The number of imide groups is 1. The Morgan fingerprint density at radius 2 is 1.44 bits per heavy atom. The molecule has 43 heavy (non-hydrogen) atoms. The maximum Gasteiger partial charge on any atom is 0.534 e. The van der Waals surface area contributed by atoms with E-state index in [2.05, 4.69) is 17.4 Å². The van der Waals surface area contributed by atoms with Crippen molar-refractivity contribution in [3.8, 4) is 16.9 Å². The quantitative estimate of drug-likeness (QED) is 0.257. The fourth-order valence-electron chi connectivity index (χ4n) is 5.22. The molecule has 1 aliphatic carbocycles. The lowest BCUT2D eigenvalue weighted by molar-refractivity contribution is -0.177. The number of ether oxygens (including phenoxy) is 3. The van der Waals surface area contributed by atoms with Crippen LogP contribution < -0.4 is 10.1 Å². The summed E-state index contributed by atoms with van der Waals surface area (Å²) in [4.78, 5) is 53.7. The minimum atomic E-state index is -1.23. The molecule has 0 saturated carbocycles. The van der Waals surface area contributed by atoms with E-state index in [-0.39, 0.29) is 44.0 Å². The molecule has 2 aliphatic rings. The van der Waals surface area contributed by atoms with Gasteiger partial charge in [0, 0.05) is 18.8 Å². The molecule has 224 valence electrons. The van der Waals surface area contributed by atoms with Gasteiger partial charge in [-0.1, -0.05) is 65.7 Å². The number of hydroxylamine groups is 2. The second-order valence-corrected chi connectivity index (χ2v) is 11.5. The van der Waals surface area contributed by atoms with Crippen molar-refractivity contribution in [1.82, 2.24) is 10.4 Å². The number of rotatable bonds is 9. The monoisotopic (exact) mass is 586 g/mol. The topological polar surface area (TPSA) is 120 Å². The van der Waals surface area contributed by atoms with Crippen LogP contribution in [0.25, 0.3) is 11.1 Å². The Morgan fingerprint density at radius 3 is 2.02 bits per heavy atom. The van der Waals surface area contributed by atoms with E-state index in [0.717, 1.165) is 27.8 Å². The van der Waals surface area contributed by atoms with Gasteiger partial charge in [0.15, 0.2) is 0 Å². The van der Waals surface area contributed by atoms with E-state index in [0.29, 0.717) is 10.8 Å². The molecular formula is C33H34N2O8. The van der Waals surface area contributed by atoms with Crippen LogP contribution in [0.4, 0.5) is 9.59 Å². The Kier molecular flexibility index (Phi) is 8.66. The van der Waals surface area contributed by atoms with Crippen LogP contribution in [0.1, 0.15) is 56.2 Å². The van der Waals surface area contributed by atoms with Gasteiger partial charge in [-0.25, -0.2) is 9.59 Å². The maximum absolute atomic E-state index is 13.0. The lowest BCUT2D eigenvalue weighted by atomic mass is 9.98. The molecule has 1 N–H and O–H groups in total. The second kappa shape index (κ2) is 12.6. The van der Waals surface area contributed by atoms with E-state index in [4.69, 9.17) is 19.0 Å². The maximum atomic E-state index is 13.0. The van der Waals surface area contributed by atoms with Crippen molar-refractivity contribution in [2.75, 3.05) is 13.2 Å². The fraction of sp³-hybridized carbons (Fsp3) is 0.333. The third-order valence-corrected chi connectivity index (χ3v) is 7.07. The normalized spacial score (nSPS) is 15.0. The highest BCUT2D eigenvalue weighted by Gasteiger charge is 2.34. The van der Waals surface area contributed by atoms with Crippen molar-refractivity contribution in [2.45, 2.75) is 57.6 Å². The van der Waals surface area contributed by atoms with E-state index in [1.54, 1.807) is 0 Å². The van der Waals surface area contributed by atoms with E-state index in [1.165, 1.54) is 0 Å². The molecule has 10 heteroatoms. The number of nitrogens with one attached hydrogen (secondary N) is 1. The van der Waals surface area contributed by atoms with Crippen LogP contribution in [0.5, 0.6) is 5.75 Å². The predicted molar refractivity (Wildman–Crippen MR) is 156 cm³/mol. The zero-order valence-electron chi connectivity index (χ0n) is 24.3.